The molecule has 1 rings (SSSR count). The minimum Gasteiger partial charge on any atom is -0.493 e. The Morgan fingerprint density at radius 2 is 1.95 bits per heavy atom. The molecule has 0 unspecified atom stereocenters. The molecule has 0 aliphatic rings. The Kier molecular flexibility index (Phi) is 7.29. The fraction of sp³-hybridized carbons (Fsp3) is 0.500. The molecule has 5 nitrogen and oxygen atoms in total. The van der Waals surface area contributed by atoms with Crippen LogP contribution in [-0.4, -0.2) is 25.5 Å². The third-order valence-corrected chi connectivity index (χ3v) is 2.90. The number of amides is 1. The van der Waals surface area contributed by atoms with Crippen LogP contribution >= 0.6 is 0 Å². The standard InChI is InChI=1S/C16H23NO4/c1-4-10-17-15(18)6-5-7-16(19)21-13-9-8-12(2)11-14(13)20-3/h8-9,11H,4-7,10H2,1-3H3,(H,17,18). The van der Waals surface area contributed by atoms with Gasteiger partial charge in [-0.1, -0.05) is 13.0 Å². The van der Waals surface area contributed by atoms with E-state index in [2.05, 4.69) is 5.32 Å². The molecule has 116 valence electrons. The number of carbonyl (C=O) groups excluding carboxylic acids is 2. The predicted octanol–water partition coefficient (Wildman–Crippen LogP) is 2.61. The number of rotatable bonds is 8. The summed E-state index contributed by atoms with van der Waals surface area (Å²) in [5.74, 6) is 0.547. The number of aryl methyl sites for hydroxylation is 1. The number of carbonyl (C=O) groups is 2. The van der Waals surface area contributed by atoms with E-state index in [4.69, 9.17) is 9.47 Å². The van der Waals surface area contributed by atoms with Gasteiger partial charge in [-0.05, 0) is 37.5 Å². The van der Waals surface area contributed by atoms with Gasteiger partial charge in [0.1, 0.15) is 0 Å². The van der Waals surface area contributed by atoms with Gasteiger partial charge >= 0.3 is 5.97 Å². The van der Waals surface area contributed by atoms with Crippen molar-refractivity contribution in [3.8, 4) is 11.5 Å². The molecule has 0 heterocycles. The molecule has 0 atom stereocenters. The summed E-state index contributed by atoms with van der Waals surface area (Å²) in [6.45, 7) is 4.60. The van der Waals surface area contributed by atoms with Crippen LogP contribution in [-0.2, 0) is 9.59 Å². The molecule has 21 heavy (non-hydrogen) atoms. The molecule has 0 aliphatic heterocycles. The van der Waals surface area contributed by atoms with Crippen LogP contribution in [0.5, 0.6) is 11.5 Å². The smallest absolute Gasteiger partial charge is 0.311 e. The summed E-state index contributed by atoms with van der Waals surface area (Å²) in [6.07, 6.45) is 1.92. The van der Waals surface area contributed by atoms with Gasteiger partial charge in [-0.3, -0.25) is 9.59 Å². The average Bonchev–Trinajstić information content (AvgIpc) is 2.46. The predicted molar refractivity (Wildman–Crippen MR) is 80.5 cm³/mol. The number of nitrogens with one attached hydrogen (secondary N) is 1. The monoisotopic (exact) mass is 293 g/mol. The highest BCUT2D eigenvalue weighted by molar-refractivity contribution is 5.77. The quantitative estimate of drug-likeness (QED) is 0.591. The summed E-state index contributed by atoms with van der Waals surface area (Å²) in [7, 11) is 1.53. The van der Waals surface area contributed by atoms with E-state index in [1.54, 1.807) is 12.1 Å². The molecule has 0 fully saturated rings. The van der Waals surface area contributed by atoms with E-state index in [9.17, 15) is 9.59 Å². The summed E-state index contributed by atoms with van der Waals surface area (Å²) in [5, 5.41) is 2.77. The molecule has 1 aromatic rings. The summed E-state index contributed by atoms with van der Waals surface area (Å²) in [4.78, 5) is 23.1. The maximum Gasteiger partial charge on any atom is 0.311 e. The number of hydrogen-bond donors (Lipinski definition) is 1. The first-order valence-electron chi connectivity index (χ1n) is 7.18. The second-order valence-electron chi connectivity index (χ2n) is 4.83. The first-order chi connectivity index (χ1) is 10.1. The highest BCUT2D eigenvalue weighted by Crippen LogP contribution is 2.28. The lowest BCUT2D eigenvalue weighted by atomic mass is 10.2. The Morgan fingerprint density at radius 1 is 1.19 bits per heavy atom. The Bertz CT molecular complexity index is 485. The second kappa shape index (κ2) is 9.00. The highest BCUT2D eigenvalue weighted by atomic mass is 16.6. The van der Waals surface area contributed by atoms with Gasteiger partial charge in [0.2, 0.25) is 5.91 Å². The van der Waals surface area contributed by atoms with Crippen LogP contribution in [0.2, 0.25) is 0 Å². The fourth-order valence-corrected chi connectivity index (χ4v) is 1.78. The van der Waals surface area contributed by atoms with Gasteiger partial charge in [0.25, 0.3) is 0 Å². The maximum atomic E-state index is 11.8. The molecule has 5 heteroatoms. The summed E-state index contributed by atoms with van der Waals surface area (Å²) in [6, 6.07) is 5.37. The fourth-order valence-electron chi connectivity index (χ4n) is 1.78. The van der Waals surface area contributed by atoms with Crippen LogP contribution in [0.15, 0.2) is 18.2 Å². The largest absolute Gasteiger partial charge is 0.493 e. The highest BCUT2D eigenvalue weighted by Gasteiger charge is 2.11. The zero-order valence-corrected chi connectivity index (χ0v) is 12.9. The minimum absolute atomic E-state index is 0.0300. The van der Waals surface area contributed by atoms with Crippen molar-refractivity contribution >= 4 is 11.9 Å². The van der Waals surface area contributed by atoms with E-state index in [0.29, 0.717) is 30.9 Å². The molecule has 0 spiro atoms. The van der Waals surface area contributed by atoms with Crippen LogP contribution in [0.3, 0.4) is 0 Å². The summed E-state index contributed by atoms with van der Waals surface area (Å²) >= 11 is 0. The van der Waals surface area contributed by atoms with Crippen molar-refractivity contribution < 1.29 is 19.1 Å². The zero-order chi connectivity index (χ0) is 15.7. The van der Waals surface area contributed by atoms with Gasteiger partial charge in [-0.25, -0.2) is 0 Å². The molecule has 0 aliphatic carbocycles. The van der Waals surface area contributed by atoms with E-state index in [-0.39, 0.29) is 18.3 Å². The van der Waals surface area contributed by atoms with Gasteiger partial charge in [0.05, 0.1) is 7.11 Å². The molecule has 0 saturated heterocycles. The summed E-state index contributed by atoms with van der Waals surface area (Å²) < 4.78 is 10.4. The van der Waals surface area contributed by atoms with E-state index >= 15 is 0 Å². The lowest BCUT2D eigenvalue weighted by Crippen LogP contribution is -2.23. The molecular weight excluding hydrogens is 270 g/mol. The van der Waals surface area contributed by atoms with Crippen LogP contribution in [0.4, 0.5) is 0 Å². The number of methoxy groups -OCH3 is 1. The Balaban J connectivity index is 2.39. The SMILES string of the molecule is CCCNC(=O)CCCC(=O)Oc1ccc(C)cc1OC. The number of esters is 1. The van der Waals surface area contributed by atoms with Crippen molar-refractivity contribution in [2.24, 2.45) is 0 Å². The van der Waals surface area contributed by atoms with Crippen LogP contribution in [0, 0.1) is 6.92 Å². The first-order valence-corrected chi connectivity index (χ1v) is 7.18. The molecule has 1 amide bonds. The van der Waals surface area contributed by atoms with Crippen LogP contribution in [0.1, 0.15) is 38.2 Å². The number of ether oxygens (including phenoxy) is 2. The van der Waals surface area contributed by atoms with Crippen molar-refractivity contribution in [2.45, 2.75) is 39.5 Å². The molecule has 0 radical (unpaired) electrons. The van der Waals surface area contributed by atoms with Gasteiger partial charge < -0.3 is 14.8 Å². The Labute approximate surface area is 125 Å². The third-order valence-electron chi connectivity index (χ3n) is 2.90. The van der Waals surface area contributed by atoms with Crippen molar-refractivity contribution in [1.82, 2.24) is 5.32 Å². The van der Waals surface area contributed by atoms with E-state index in [1.807, 2.05) is 19.9 Å². The van der Waals surface area contributed by atoms with E-state index in [0.717, 1.165) is 12.0 Å². The van der Waals surface area contributed by atoms with Crippen LogP contribution < -0.4 is 14.8 Å². The van der Waals surface area contributed by atoms with Crippen molar-refractivity contribution in [3.05, 3.63) is 23.8 Å². The van der Waals surface area contributed by atoms with Gasteiger partial charge in [-0.2, -0.15) is 0 Å². The maximum absolute atomic E-state index is 11.8. The van der Waals surface area contributed by atoms with E-state index < -0.39 is 0 Å². The molecule has 1 aromatic carbocycles. The summed E-state index contributed by atoms with van der Waals surface area (Å²) in [5.41, 5.74) is 1.03. The van der Waals surface area contributed by atoms with Gasteiger partial charge in [0.15, 0.2) is 11.5 Å². The van der Waals surface area contributed by atoms with Gasteiger partial charge in [-0.15, -0.1) is 0 Å². The first kappa shape index (κ1) is 17.0. The van der Waals surface area contributed by atoms with Crippen molar-refractivity contribution in [2.75, 3.05) is 13.7 Å². The number of benzene rings is 1. The lowest BCUT2D eigenvalue weighted by Gasteiger charge is -2.09. The van der Waals surface area contributed by atoms with Crippen molar-refractivity contribution in [3.63, 3.8) is 0 Å². The Morgan fingerprint density at radius 3 is 2.62 bits per heavy atom. The zero-order valence-electron chi connectivity index (χ0n) is 12.9. The van der Waals surface area contributed by atoms with Gasteiger partial charge in [0, 0.05) is 19.4 Å². The third kappa shape index (κ3) is 6.29. The lowest BCUT2D eigenvalue weighted by molar-refractivity contribution is -0.134. The Hall–Kier alpha value is -2.04. The molecular formula is C16H23NO4. The van der Waals surface area contributed by atoms with E-state index in [1.165, 1.54) is 7.11 Å². The molecule has 0 aromatic heterocycles. The molecule has 0 saturated carbocycles. The average molecular weight is 293 g/mol. The number of hydrogen-bond acceptors (Lipinski definition) is 4. The normalized spacial score (nSPS) is 10.0. The topological polar surface area (TPSA) is 64.6 Å². The minimum atomic E-state index is -0.361. The second-order valence-corrected chi connectivity index (χ2v) is 4.83. The van der Waals surface area contributed by atoms with Crippen LogP contribution in [0.25, 0.3) is 0 Å². The van der Waals surface area contributed by atoms with Crippen molar-refractivity contribution in [1.29, 1.82) is 0 Å². The molecule has 0 bridgehead atoms. The molecule has 1 N–H and O–H groups in total.